The Labute approximate surface area is 109 Å². The molecule has 0 amide bonds. The van der Waals surface area contributed by atoms with Crippen molar-refractivity contribution >= 4 is 0 Å². The van der Waals surface area contributed by atoms with Gasteiger partial charge in [0.05, 0.1) is 35.2 Å². The highest BCUT2D eigenvalue weighted by Gasteiger charge is 2.43. The average molecular weight is 292 g/mol. The second-order valence-corrected chi connectivity index (χ2v) is 3.91. The quantitative estimate of drug-likeness (QED) is 0.735. The minimum atomic E-state index is -5.15. The van der Waals surface area contributed by atoms with Crippen molar-refractivity contribution in [2.45, 2.75) is 25.7 Å². The molecule has 1 rings (SSSR count). The predicted octanol–water partition coefficient (Wildman–Crippen LogP) is 3.97. The van der Waals surface area contributed by atoms with Gasteiger partial charge in [-0.2, -0.15) is 36.9 Å². The van der Waals surface area contributed by atoms with Gasteiger partial charge in [0.1, 0.15) is 0 Å². The average Bonchev–Trinajstić information content (AvgIpc) is 2.24. The minimum absolute atomic E-state index is 0.521. The molecule has 0 spiro atoms. The number of hydrogen-bond acceptors (Lipinski definition) is 2. The number of aryl methyl sites for hydroxylation is 1. The van der Waals surface area contributed by atoms with Crippen molar-refractivity contribution in [2.75, 3.05) is 0 Å². The van der Waals surface area contributed by atoms with E-state index in [0.717, 1.165) is 6.92 Å². The van der Waals surface area contributed by atoms with Crippen LogP contribution in [0, 0.1) is 29.6 Å². The monoisotopic (exact) mass is 292 g/mol. The first-order valence-corrected chi connectivity index (χ1v) is 5.12. The van der Waals surface area contributed by atoms with Crippen LogP contribution in [-0.2, 0) is 18.8 Å². The number of nitrogens with zero attached hydrogens (tertiary/aromatic N) is 2. The molecule has 0 atom stereocenters. The summed E-state index contributed by atoms with van der Waals surface area (Å²) in [6, 6.07) is 3.04. The van der Waals surface area contributed by atoms with Crippen LogP contribution >= 0.6 is 0 Å². The van der Waals surface area contributed by atoms with Gasteiger partial charge in [-0.05, 0) is 24.1 Å². The number of nitriles is 2. The molecule has 0 aliphatic carbocycles. The minimum Gasteiger partial charge on any atom is -0.198 e. The SMILES string of the molecule is Cc1cc(C#N)c(C(F)(F)F)c(CC#N)c1C(F)(F)F. The summed E-state index contributed by atoms with van der Waals surface area (Å²) in [6.45, 7) is 0.949. The van der Waals surface area contributed by atoms with Crippen LogP contribution in [0.2, 0.25) is 0 Å². The van der Waals surface area contributed by atoms with Crippen molar-refractivity contribution in [1.82, 2.24) is 0 Å². The lowest BCUT2D eigenvalue weighted by molar-refractivity contribution is -0.144. The van der Waals surface area contributed by atoms with E-state index in [0.29, 0.717) is 6.07 Å². The van der Waals surface area contributed by atoms with Gasteiger partial charge in [0.2, 0.25) is 0 Å². The predicted molar refractivity (Wildman–Crippen MR) is 55.2 cm³/mol. The maximum Gasteiger partial charge on any atom is 0.418 e. The highest BCUT2D eigenvalue weighted by molar-refractivity contribution is 5.54. The molecule has 8 heteroatoms. The fraction of sp³-hybridized carbons (Fsp3) is 0.333. The Bertz CT molecular complexity index is 613. The Kier molecular flexibility index (Phi) is 3.99. The van der Waals surface area contributed by atoms with Gasteiger partial charge in [0, 0.05) is 0 Å². The molecule has 20 heavy (non-hydrogen) atoms. The zero-order chi connectivity index (χ0) is 15.7. The topological polar surface area (TPSA) is 47.6 Å². The second-order valence-electron chi connectivity index (χ2n) is 3.91. The Balaban J connectivity index is 3.92. The maximum absolute atomic E-state index is 12.9. The number of alkyl halides is 6. The molecule has 0 saturated heterocycles. The van der Waals surface area contributed by atoms with Crippen molar-refractivity contribution in [3.05, 3.63) is 33.9 Å². The van der Waals surface area contributed by atoms with E-state index in [1.807, 2.05) is 0 Å². The van der Waals surface area contributed by atoms with Crippen molar-refractivity contribution in [3.8, 4) is 12.1 Å². The smallest absolute Gasteiger partial charge is 0.198 e. The highest BCUT2D eigenvalue weighted by Crippen LogP contribution is 2.42. The number of benzene rings is 1. The first-order valence-electron chi connectivity index (χ1n) is 5.12. The van der Waals surface area contributed by atoms with E-state index in [1.54, 1.807) is 0 Å². The van der Waals surface area contributed by atoms with Crippen molar-refractivity contribution in [3.63, 3.8) is 0 Å². The lowest BCUT2D eigenvalue weighted by atomic mass is 9.90. The van der Waals surface area contributed by atoms with E-state index in [-0.39, 0.29) is 0 Å². The van der Waals surface area contributed by atoms with Gasteiger partial charge in [0.25, 0.3) is 0 Å². The molecule has 0 radical (unpaired) electrons. The Hall–Kier alpha value is -2.22. The Morgan fingerprint density at radius 1 is 1.00 bits per heavy atom. The molecule has 0 unspecified atom stereocenters. The zero-order valence-electron chi connectivity index (χ0n) is 9.95. The van der Waals surface area contributed by atoms with Crippen LogP contribution in [0.4, 0.5) is 26.3 Å². The number of hydrogen-bond donors (Lipinski definition) is 0. The fourth-order valence-corrected chi connectivity index (χ4v) is 1.95. The van der Waals surface area contributed by atoms with Crippen LogP contribution in [0.1, 0.15) is 27.8 Å². The molecule has 0 aromatic heterocycles. The lowest BCUT2D eigenvalue weighted by Crippen LogP contribution is -2.19. The molecule has 0 bridgehead atoms. The summed E-state index contributed by atoms with van der Waals surface area (Å²) < 4.78 is 77.3. The van der Waals surface area contributed by atoms with E-state index in [1.165, 1.54) is 12.1 Å². The van der Waals surface area contributed by atoms with Crippen molar-refractivity contribution < 1.29 is 26.3 Å². The van der Waals surface area contributed by atoms with Crippen LogP contribution in [0.15, 0.2) is 6.07 Å². The summed E-state index contributed by atoms with van der Waals surface area (Å²) in [5.41, 5.74) is -5.85. The van der Waals surface area contributed by atoms with Crippen LogP contribution in [0.3, 0.4) is 0 Å². The van der Waals surface area contributed by atoms with Crippen LogP contribution in [0.5, 0.6) is 0 Å². The van der Waals surface area contributed by atoms with Crippen LogP contribution in [0.25, 0.3) is 0 Å². The van der Waals surface area contributed by atoms with E-state index in [4.69, 9.17) is 10.5 Å². The van der Waals surface area contributed by atoms with Gasteiger partial charge >= 0.3 is 12.4 Å². The van der Waals surface area contributed by atoms with E-state index < -0.39 is 46.6 Å². The van der Waals surface area contributed by atoms with Crippen molar-refractivity contribution in [2.24, 2.45) is 0 Å². The third-order valence-corrected chi connectivity index (χ3v) is 2.57. The molecular weight excluding hydrogens is 286 g/mol. The summed E-state index contributed by atoms with van der Waals surface area (Å²) in [7, 11) is 0. The van der Waals surface area contributed by atoms with Gasteiger partial charge < -0.3 is 0 Å². The Morgan fingerprint density at radius 3 is 1.85 bits per heavy atom. The molecule has 0 saturated carbocycles. The maximum atomic E-state index is 12.9. The molecule has 0 fully saturated rings. The molecule has 0 aliphatic heterocycles. The first-order chi connectivity index (χ1) is 9.04. The highest BCUT2D eigenvalue weighted by atomic mass is 19.4. The molecule has 0 N–H and O–H groups in total. The summed E-state index contributed by atoms with van der Waals surface area (Å²) in [5.74, 6) is 0. The summed E-state index contributed by atoms with van der Waals surface area (Å²) in [6.07, 6.45) is -11.3. The third-order valence-electron chi connectivity index (χ3n) is 2.57. The summed E-state index contributed by atoms with van der Waals surface area (Å²) in [5, 5.41) is 17.2. The van der Waals surface area contributed by atoms with Crippen LogP contribution < -0.4 is 0 Å². The normalized spacial score (nSPS) is 11.8. The van der Waals surface area contributed by atoms with E-state index in [2.05, 4.69) is 0 Å². The standard InChI is InChI=1S/C12H6F6N2/c1-6-4-7(5-20)10(12(16,17)18)8(2-3-19)9(6)11(13,14)15/h4H,2H2,1H3. The van der Waals surface area contributed by atoms with Crippen LogP contribution in [-0.4, -0.2) is 0 Å². The molecule has 106 valence electrons. The van der Waals surface area contributed by atoms with Gasteiger partial charge in [-0.1, -0.05) is 0 Å². The van der Waals surface area contributed by atoms with Crippen molar-refractivity contribution in [1.29, 1.82) is 10.5 Å². The van der Waals surface area contributed by atoms with Gasteiger partial charge in [-0.25, -0.2) is 0 Å². The summed E-state index contributed by atoms with van der Waals surface area (Å²) >= 11 is 0. The molecule has 0 heterocycles. The van der Waals surface area contributed by atoms with E-state index >= 15 is 0 Å². The zero-order valence-corrected chi connectivity index (χ0v) is 9.95. The molecule has 0 aliphatic rings. The molecular formula is C12H6F6N2. The molecule has 2 nitrogen and oxygen atoms in total. The molecule has 1 aromatic rings. The first kappa shape index (κ1) is 15.8. The molecule has 1 aromatic carbocycles. The largest absolute Gasteiger partial charge is 0.418 e. The fourth-order valence-electron chi connectivity index (χ4n) is 1.95. The van der Waals surface area contributed by atoms with Gasteiger partial charge in [-0.15, -0.1) is 0 Å². The number of rotatable bonds is 1. The van der Waals surface area contributed by atoms with Gasteiger partial charge in [0.15, 0.2) is 0 Å². The number of halogens is 6. The second kappa shape index (κ2) is 5.04. The van der Waals surface area contributed by atoms with E-state index in [9.17, 15) is 26.3 Å². The van der Waals surface area contributed by atoms with Gasteiger partial charge in [-0.3, -0.25) is 0 Å². The third kappa shape index (κ3) is 2.85. The summed E-state index contributed by atoms with van der Waals surface area (Å²) in [4.78, 5) is 0. The lowest BCUT2D eigenvalue weighted by Gasteiger charge is -2.20. The Morgan fingerprint density at radius 2 is 1.50 bits per heavy atom.